The number of aliphatic hydroxyl groups is 1. The van der Waals surface area contributed by atoms with Crippen LogP contribution >= 0.6 is 0 Å². The number of benzene rings is 3. The number of nitro benzene ring substituents is 1. The third kappa shape index (κ3) is 6.67. The maximum atomic E-state index is 14.2. The standard InChI is InChI=1S/C28H32N2O8S/c1-36-25-10-3-20(4-11-25)16-29(17-21-5-12-26(37-2)13-6-21)39(34,35)28-15-24(30(32)33)9-14-27(28)38-19-23-8-7-22(23)18-31/h3-6,9-15,22-23,31H,7-8,16-19H2,1-2H3/t22-,23-/m1/s1. The van der Waals surface area contributed by atoms with Crippen molar-refractivity contribution in [2.75, 3.05) is 27.4 Å². The summed E-state index contributed by atoms with van der Waals surface area (Å²) in [6.07, 6.45) is 1.74. The second-order valence-corrected chi connectivity index (χ2v) is 11.4. The van der Waals surface area contributed by atoms with E-state index >= 15 is 0 Å². The minimum absolute atomic E-state index is 0.00962. The van der Waals surface area contributed by atoms with Crippen LogP contribution in [-0.2, 0) is 23.1 Å². The summed E-state index contributed by atoms with van der Waals surface area (Å²) < 4.78 is 46.0. The average molecular weight is 557 g/mol. The van der Waals surface area contributed by atoms with Crippen molar-refractivity contribution < 1.29 is 32.7 Å². The van der Waals surface area contributed by atoms with E-state index < -0.39 is 14.9 Å². The average Bonchev–Trinajstić information content (AvgIpc) is 2.93. The molecular formula is C28H32N2O8S. The normalized spacial score (nSPS) is 16.9. The molecule has 1 saturated carbocycles. The Balaban J connectivity index is 1.71. The largest absolute Gasteiger partial charge is 0.497 e. The Morgan fingerprint density at radius 2 is 1.44 bits per heavy atom. The van der Waals surface area contributed by atoms with Crippen molar-refractivity contribution in [3.05, 3.63) is 88.0 Å². The summed E-state index contributed by atoms with van der Waals surface area (Å²) in [4.78, 5) is 10.7. The molecule has 0 spiro atoms. The summed E-state index contributed by atoms with van der Waals surface area (Å²) in [5.41, 5.74) is 1.06. The molecule has 0 unspecified atom stereocenters. The lowest BCUT2D eigenvalue weighted by Gasteiger charge is -2.35. The van der Waals surface area contributed by atoms with Gasteiger partial charge in [-0.2, -0.15) is 4.31 Å². The van der Waals surface area contributed by atoms with E-state index in [-0.39, 0.29) is 54.5 Å². The Hall–Kier alpha value is -3.67. The summed E-state index contributed by atoms with van der Waals surface area (Å²) >= 11 is 0. The molecule has 4 rings (SSSR count). The zero-order valence-electron chi connectivity index (χ0n) is 21.9. The summed E-state index contributed by atoms with van der Waals surface area (Å²) in [6, 6.07) is 17.7. The smallest absolute Gasteiger partial charge is 0.271 e. The van der Waals surface area contributed by atoms with Crippen LogP contribution < -0.4 is 14.2 Å². The maximum absolute atomic E-state index is 14.2. The van der Waals surface area contributed by atoms with Crippen molar-refractivity contribution in [3.63, 3.8) is 0 Å². The number of non-ortho nitro benzene ring substituents is 1. The van der Waals surface area contributed by atoms with Gasteiger partial charge in [0.25, 0.3) is 5.69 Å². The van der Waals surface area contributed by atoms with Crippen LogP contribution in [0.4, 0.5) is 5.69 Å². The molecule has 39 heavy (non-hydrogen) atoms. The number of aliphatic hydroxyl groups excluding tert-OH is 1. The van der Waals surface area contributed by atoms with Crippen LogP contribution in [0.15, 0.2) is 71.6 Å². The topological polar surface area (TPSA) is 128 Å². The number of rotatable bonds is 13. The number of ether oxygens (including phenoxy) is 3. The van der Waals surface area contributed by atoms with Gasteiger partial charge in [0.2, 0.25) is 10.0 Å². The first-order valence-corrected chi connectivity index (χ1v) is 14.0. The quantitative estimate of drug-likeness (QED) is 0.242. The van der Waals surface area contributed by atoms with Gasteiger partial charge in [0, 0.05) is 31.8 Å². The molecule has 3 aromatic carbocycles. The number of nitrogens with zero attached hydrogens (tertiary/aromatic N) is 2. The Kier molecular flexibility index (Phi) is 9.05. The summed E-state index contributed by atoms with van der Waals surface area (Å²) in [5, 5.41) is 21.1. The SMILES string of the molecule is COc1ccc(CN(Cc2ccc(OC)cc2)S(=O)(=O)c2cc([N+](=O)[O-])ccc2OC[C@H]2CC[C@@H]2CO)cc1. The molecule has 0 heterocycles. The van der Waals surface area contributed by atoms with Crippen molar-refractivity contribution in [1.82, 2.24) is 4.31 Å². The molecule has 0 amide bonds. The Bertz CT molecular complexity index is 1330. The van der Waals surface area contributed by atoms with Crippen molar-refractivity contribution in [2.24, 2.45) is 11.8 Å². The molecule has 0 aliphatic heterocycles. The molecule has 11 heteroatoms. The lowest BCUT2D eigenvalue weighted by Crippen LogP contribution is -2.34. The molecule has 2 atom stereocenters. The first-order valence-electron chi connectivity index (χ1n) is 12.5. The number of methoxy groups -OCH3 is 2. The van der Waals surface area contributed by atoms with E-state index in [2.05, 4.69) is 0 Å². The molecule has 1 fully saturated rings. The zero-order valence-corrected chi connectivity index (χ0v) is 22.7. The van der Waals surface area contributed by atoms with Gasteiger partial charge in [-0.1, -0.05) is 24.3 Å². The maximum Gasteiger partial charge on any atom is 0.271 e. The molecule has 208 valence electrons. The van der Waals surface area contributed by atoms with Crippen LogP contribution in [0.25, 0.3) is 0 Å². The second-order valence-electron chi connectivity index (χ2n) is 9.45. The van der Waals surface area contributed by atoms with Gasteiger partial charge < -0.3 is 19.3 Å². The van der Waals surface area contributed by atoms with Gasteiger partial charge >= 0.3 is 0 Å². The zero-order chi connectivity index (χ0) is 28.0. The Labute approximate surface area is 227 Å². The van der Waals surface area contributed by atoms with E-state index in [0.717, 1.165) is 18.9 Å². The van der Waals surface area contributed by atoms with Crippen molar-refractivity contribution in [3.8, 4) is 17.2 Å². The fourth-order valence-electron chi connectivity index (χ4n) is 4.46. The molecule has 0 bridgehead atoms. The highest BCUT2D eigenvalue weighted by atomic mass is 32.2. The fourth-order valence-corrected chi connectivity index (χ4v) is 6.03. The van der Waals surface area contributed by atoms with Crippen molar-refractivity contribution in [2.45, 2.75) is 30.8 Å². The lowest BCUT2D eigenvalue weighted by molar-refractivity contribution is -0.385. The minimum Gasteiger partial charge on any atom is -0.497 e. The van der Waals surface area contributed by atoms with Gasteiger partial charge in [-0.05, 0) is 66.1 Å². The highest BCUT2D eigenvalue weighted by Crippen LogP contribution is 2.37. The number of nitro groups is 1. The molecular weight excluding hydrogens is 524 g/mol. The first kappa shape index (κ1) is 28.3. The number of sulfonamides is 1. The van der Waals surface area contributed by atoms with Gasteiger partial charge in [-0.15, -0.1) is 0 Å². The molecule has 0 saturated heterocycles. The van der Waals surface area contributed by atoms with Crippen LogP contribution in [-0.4, -0.2) is 50.2 Å². The predicted octanol–water partition coefficient (Wildman–Crippen LogP) is 4.40. The van der Waals surface area contributed by atoms with Crippen LogP contribution in [0.1, 0.15) is 24.0 Å². The monoisotopic (exact) mass is 556 g/mol. The van der Waals surface area contributed by atoms with Gasteiger partial charge in [0.1, 0.15) is 22.1 Å². The third-order valence-electron chi connectivity index (χ3n) is 7.05. The number of hydrogen-bond acceptors (Lipinski definition) is 8. The van der Waals surface area contributed by atoms with Crippen LogP contribution in [0.5, 0.6) is 17.2 Å². The van der Waals surface area contributed by atoms with Crippen LogP contribution in [0.3, 0.4) is 0 Å². The van der Waals surface area contributed by atoms with Gasteiger partial charge in [0.05, 0.1) is 25.7 Å². The van der Waals surface area contributed by atoms with Crippen molar-refractivity contribution >= 4 is 15.7 Å². The van der Waals surface area contributed by atoms with Crippen LogP contribution in [0.2, 0.25) is 0 Å². The van der Waals surface area contributed by atoms with Crippen molar-refractivity contribution in [1.29, 1.82) is 0 Å². The van der Waals surface area contributed by atoms with Gasteiger partial charge in [-0.25, -0.2) is 8.42 Å². The van der Waals surface area contributed by atoms with E-state index in [9.17, 15) is 23.6 Å². The van der Waals surface area contributed by atoms with E-state index in [1.807, 2.05) is 0 Å². The molecule has 3 aromatic rings. The fraction of sp³-hybridized carbons (Fsp3) is 0.357. The summed E-state index contributed by atoms with van der Waals surface area (Å²) in [6.45, 7) is 0.269. The third-order valence-corrected chi connectivity index (χ3v) is 8.87. The van der Waals surface area contributed by atoms with E-state index in [0.29, 0.717) is 22.6 Å². The number of hydrogen-bond donors (Lipinski definition) is 1. The molecule has 0 radical (unpaired) electrons. The molecule has 1 N–H and O–H groups in total. The van der Waals surface area contributed by atoms with Gasteiger partial charge in [0.15, 0.2) is 0 Å². The molecule has 1 aliphatic rings. The highest BCUT2D eigenvalue weighted by Gasteiger charge is 2.33. The second kappa shape index (κ2) is 12.5. The lowest BCUT2D eigenvalue weighted by atomic mass is 9.75. The minimum atomic E-state index is -4.28. The van der Waals surface area contributed by atoms with Gasteiger partial charge in [-0.3, -0.25) is 10.1 Å². The molecule has 1 aliphatic carbocycles. The summed E-state index contributed by atoms with van der Waals surface area (Å²) in [5.74, 6) is 1.50. The highest BCUT2D eigenvalue weighted by molar-refractivity contribution is 7.89. The van der Waals surface area contributed by atoms with E-state index in [1.165, 1.54) is 16.4 Å². The molecule has 10 nitrogen and oxygen atoms in total. The van der Waals surface area contributed by atoms with E-state index in [1.54, 1.807) is 62.8 Å². The Morgan fingerprint density at radius 1 is 0.897 bits per heavy atom. The molecule has 0 aromatic heterocycles. The Morgan fingerprint density at radius 3 is 1.87 bits per heavy atom. The predicted molar refractivity (Wildman–Crippen MR) is 144 cm³/mol. The van der Waals surface area contributed by atoms with Crippen LogP contribution in [0, 0.1) is 22.0 Å². The summed E-state index contributed by atoms with van der Waals surface area (Å²) in [7, 11) is -1.18. The first-order chi connectivity index (χ1) is 18.7. The van der Waals surface area contributed by atoms with E-state index in [4.69, 9.17) is 14.2 Å².